The van der Waals surface area contributed by atoms with Gasteiger partial charge in [0.15, 0.2) is 0 Å². The molecule has 1 N–H and O–H groups in total. The molecule has 98 valence electrons. The van der Waals surface area contributed by atoms with Crippen LogP contribution in [0.3, 0.4) is 0 Å². The standard InChI is InChI=1S/C11H15N3O4/c1-8-5-12-6-10(18-8)7-17-11-4-9(14(15)16)2-3-13-11/h2-4,8,10,12H,5-7H2,1H3. The summed E-state index contributed by atoms with van der Waals surface area (Å²) in [6.45, 7) is 3.83. The number of rotatable bonds is 4. The van der Waals surface area contributed by atoms with E-state index in [1.807, 2.05) is 6.92 Å². The van der Waals surface area contributed by atoms with Crippen molar-refractivity contribution >= 4 is 5.69 Å². The van der Waals surface area contributed by atoms with E-state index in [9.17, 15) is 10.1 Å². The molecular formula is C11H15N3O4. The van der Waals surface area contributed by atoms with Gasteiger partial charge >= 0.3 is 0 Å². The van der Waals surface area contributed by atoms with Crippen LogP contribution in [0, 0.1) is 10.1 Å². The SMILES string of the molecule is CC1CNCC(COc2cc([N+](=O)[O-])ccn2)O1. The highest BCUT2D eigenvalue weighted by Gasteiger charge is 2.19. The van der Waals surface area contributed by atoms with E-state index < -0.39 is 4.92 Å². The maximum Gasteiger partial charge on any atom is 0.276 e. The summed E-state index contributed by atoms with van der Waals surface area (Å²) >= 11 is 0. The highest BCUT2D eigenvalue weighted by molar-refractivity contribution is 5.32. The predicted molar refractivity (Wildman–Crippen MR) is 63.6 cm³/mol. The third kappa shape index (κ3) is 3.38. The van der Waals surface area contributed by atoms with Gasteiger partial charge in [-0.05, 0) is 6.92 Å². The molecule has 0 saturated carbocycles. The van der Waals surface area contributed by atoms with Crippen LogP contribution in [0.1, 0.15) is 6.92 Å². The molecule has 1 aromatic rings. The van der Waals surface area contributed by atoms with E-state index in [1.165, 1.54) is 18.3 Å². The Morgan fingerprint density at radius 1 is 1.67 bits per heavy atom. The lowest BCUT2D eigenvalue weighted by Gasteiger charge is -2.28. The molecule has 1 fully saturated rings. The van der Waals surface area contributed by atoms with Crippen molar-refractivity contribution in [3.8, 4) is 5.88 Å². The molecule has 7 heteroatoms. The Morgan fingerprint density at radius 3 is 3.22 bits per heavy atom. The Kier molecular flexibility index (Phi) is 4.06. The molecule has 2 atom stereocenters. The Morgan fingerprint density at radius 2 is 2.50 bits per heavy atom. The zero-order chi connectivity index (χ0) is 13.0. The summed E-state index contributed by atoms with van der Waals surface area (Å²) in [7, 11) is 0. The Bertz CT molecular complexity index is 427. The number of pyridine rings is 1. The number of nitro groups is 1. The molecular weight excluding hydrogens is 238 g/mol. The van der Waals surface area contributed by atoms with Crippen molar-refractivity contribution in [1.29, 1.82) is 0 Å². The van der Waals surface area contributed by atoms with Gasteiger partial charge in [-0.3, -0.25) is 10.1 Å². The molecule has 7 nitrogen and oxygen atoms in total. The van der Waals surface area contributed by atoms with Gasteiger partial charge in [0.1, 0.15) is 12.7 Å². The van der Waals surface area contributed by atoms with Gasteiger partial charge in [0.25, 0.3) is 5.69 Å². The summed E-state index contributed by atoms with van der Waals surface area (Å²) in [5.41, 5.74) is -0.0314. The van der Waals surface area contributed by atoms with Crippen LogP contribution >= 0.6 is 0 Å². The van der Waals surface area contributed by atoms with Gasteiger partial charge in [0.05, 0.1) is 17.1 Å². The lowest BCUT2D eigenvalue weighted by Crippen LogP contribution is -2.45. The van der Waals surface area contributed by atoms with Crippen LogP contribution in [-0.4, -0.2) is 41.8 Å². The highest BCUT2D eigenvalue weighted by atomic mass is 16.6. The predicted octanol–water partition coefficient (Wildman–Crippen LogP) is 0.745. The fourth-order valence-electron chi connectivity index (χ4n) is 1.74. The number of hydrogen-bond donors (Lipinski definition) is 1. The molecule has 2 rings (SSSR count). The zero-order valence-electron chi connectivity index (χ0n) is 10.0. The van der Waals surface area contributed by atoms with E-state index in [1.54, 1.807) is 0 Å². The van der Waals surface area contributed by atoms with Crippen LogP contribution < -0.4 is 10.1 Å². The van der Waals surface area contributed by atoms with E-state index >= 15 is 0 Å². The second-order valence-corrected chi connectivity index (χ2v) is 4.15. The minimum absolute atomic E-state index is 0.0314. The number of nitrogens with zero attached hydrogens (tertiary/aromatic N) is 2. The van der Waals surface area contributed by atoms with Crippen molar-refractivity contribution < 1.29 is 14.4 Å². The smallest absolute Gasteiger partial charge is 0.276 e. The lowest BCUT2D eigenvalue weighted by molar-refractivity contribution is -0.385. The first kappa shape index (κ1) is 12.7. The van der Waals surface area contributed by atoms with Gasteiger partial charge in [0, 0.05) is 25.4 Å². The van der Waals surface area contributed by atoms with Crippen molar-refractivity contribution in [3.05, 3.63) is 28.4 Å². The van der Waals surface area contributed by atoms with Crippen LogP contribution in [0.25, 0.3) is 0 Å². The number of ether oxygens (including phenoxy) is 2. The molecule has 0 bridgehead atoms. The van der Waals surface area contributed by atoms with Gasteiger partial charge in [-0.2, -0.15) is 0 Å². The lowest BCUT2D eigenvalue weighted by atomic mass is 10.2. The van der Waals surface area contributed by atoms with Crippen molar-refractivity contribution in [1.82, 2.24) is 10.3 Å². The van der Waals surface area contributed by atoms with E-state index in [0.29, 0.717) is 13.2 Å². The third-order valence-corrected chi connectivity index (χ3v) is 2.57. The average Bonchev–Trinajstić information content (AvgIpc) is 2.37. The topological polar surface area (TPSA) is 86.5 Å². The van der Waals surface area contributed by atoms with E-state index in [2.05, 4.69) is 10.3 Å². The van der Waals surface area contributed by atoms with Crippen LogP contribution in [0.15, 0.2) is 18.3 Å². The number of aromatic nitrogens is 1. The van der Waals surface area contributed by atoms with Gasteiger partial charge in [-0.1, -0.05) is 0 Å². The summed E-state index contributed by atoms with van der Waals surface area (Å²) in [6, 6.07) is 2.63. The van der Waals surface area contributed by atoms with Crippen molar-refractivity contribution in [2.24, 2.45) is 0 Å². The molecule has 1 saturated heterocycles. The van der Waals surface area contributed by atoms with Crippen molar-refractivity contribution in [3.63, 3.8) is 0 Å². The second kappa shape index (κ2) is 5.74. The van der Waals surface area contributed by atoms with E-state index in [-0.39, 0.29) is 23.8 Å². The largest absolute Gasteiger partial charge is 0.475 e. The second-order valence-electron chi connectivity index (χ2n) is 4.15. The molecule has 0 radical (unpaired) electrons. The summed E-state index contributed by atoms with van der Waals surface area (Å²) in [6.07, 6.45) is 1.44. The Balaban J connectivity index is 1.89. The van der Waals surface area contributed by atoms with Crippen LogP contribution in [0.4, 0.5) is 5.69 Å². The average molecular weight is 253 g/mol. The summed E-state index contributed by atoms with van der Waals surface area (Å²) in [5.74, 6) is 0.242. The normalized spacial score (nSPS) is 23.6. The third-order valence-electron chi connectivity index (χ3n) is 2.57. The van der Waals surface area contributed by atoms with Gasteiger partial charge in [0.2, 0.25) is 5.88 Å². The molecule has 1 aliphatic heterocycles. The Labute approximate surface area is 104 Å². The molecule has 1 aliphatic rings. The summed E-state index contributed by atoms with van der Waals surface area (Å²) in [4.78, 5) is 14.0. The molecule has 0 amide bonds. The van der Waals surface area contributed by atoms with Crippen molar-refractivity contribution in [2.45, 2.75) is 19.1 Å². The fraction of sp³-hybridized carbons (Fsp3) is 0.545. The first-order valence-corrected chi connectivity index (χ1v) is 5.74. The van der Waals surface area contributed by atoms with E-state index in [4.69, 9.17) is 9.47 Å². The Hall–Kier alpha value is -1.73. The molecule has 0 aromatic carbocycles. The van der Waals surface area contributed by atoms with Gasteiger partial charge < -0.3 is 14.8 Å². The van der Waals surface area contributed by atoms with Crippen LogP contribution in [-0.2, 0) is 4.74 Å². The number of nitrogens with one attached hydrogen (secondary N) is 1. The van der Waals surface area contributed by atoms with Gasteiger partial charge in [-0.15, -0.1) is 0 Å². The maximum atomic E-state index is 10.6. The first-order valence-electron chi connectivity index (χ1n) is 5.74. The quantitative estimate of drug-likeness (QED) is 0.629. The van der Waals surface area contributed by atoms with Crippen LogP contribution in [0.5, 0.6) is 5.88 Å². The zero-order valence-corrected chi connectivity index (χ0v) is 10.0. The highest BCUT2D eigenvalue weighted by Crippen LogP contribution is 2.16. The molecule has 1 aromatic heterocycles. The van der Waals surface area contributed by atoms with E-state index in [0.717, 1.165) is 6.54 Å². The minimum atomic E-state index is -0.477. The van der Waals surface area contributed by atoms with Crippen LogP contribution in [0.2, 0.25) is 0 Å². The maximum absolute atomic E-state index is 10.6. The molecule has 0 spiro atoms. The van der Waals surface area contributed by atoms with Gasteiger partial charge in [-0.25, -0.2) is 4.98 Å². The molecule has 0 aliphatic carbocycles. The fourth-order valence-corrected chi connectivity index (χ4v) is 1.74. The summed E-state index contributed by atoms with van der Waals surface area (Å²) in [5, 5.41) is 13.8. The first-order chi connectivity index (χ1) is 8.65. The molecule has 2 heterocycles. The monoisotopic (exact) mass is 253 g/mol. The van der Waals surface area contributed by atoms with Crippen molar-refractivity contribution in [2.75, 3.05) is 19.7 Å². The minimum Gasteiger partial charge on any atom is -0.475 e. The molecule has 2 unspecified atom stereocenters. The number of hydrogen-bond acceptors (Lipinski definition) is 6. The molecule has 18 heavy (non-hydrogen) atoms. The number of morpholine rings is 1. The summed E-state index contributed by atoms with van der Waals surface area (Å²) < 4.78 is 11.0.